The SMILES string of the molecule is COC(=O)CNC(=O)c1ccc(-c2ccc(C(CC(=NO)c3ccc(=O)n(C)c3)c3ccc(F)cc3C)cc2)cc1. The summed E-state index contributed by atoms with van der Waals surface area (Å²) in [6.07, 6.45) is 1.92. The van der Waals surface area contributed by atoms with Gasteiger partial charge in [0.25, 0.3) is 5.91 Å². The monoisotopic (exact) mass is 555 g/mol. The van der Waals surface area contributed by atoms with Crippen LogP contribution in [0, 0.1) is 12.7 Å². The molecule has 8 nitrogen and oxygen atoms in total. The van der Waals surface area contributed by atoms with Crippen LogP contribution in [0.3, 0.4) is 0 Å². The zero-order chi connectivity index (χ0) is 29.5. The molecule has 1 unspecified atom stereocenters. The van der Waals surface area contributed by atoms with Crippen LogP contribution in [0.2, 0.25) is 0 Å². The molecule has 0 spiro atoms. The van der Waals surface area contributed by atoms with E-state index in [0.717, 1.165) is 27.8 Å². The van der Waals surface area contributed by atoms with Crippen LogP contribution in [0.5, 0.6) is 0 Å². The van der Waals surface area contributed by atoms with Gasteiger partial charge in [-0.1, -0.05) is 47.6 Å². The number of esters is 1. The first-order valence-electron chi connectivity index (χ1n) is 12.9. The maximum Gasteiger partial charge on any atom is 0.325 e. The standard InChI is InChI=1S/C32H30FN3O5/c1-20-16-26(33)13-14-27(20)28(17-29(35-40)25-12-15-30(37)36(2)19-25)23-8-4-21(5-9-23)22-6-10-24(11-7-22)32(39)34-18-31(38)41-3/h4-16,19,28,40H,17-18H2,1-3H3,(H,34,39). The van der Waals surface area contributed by atoms with Crippen molar-refractivity contribution in [3.8, 4) is 11.1 Å². The fourth-order valence-electron chi connectivity index (χ4n) is 4.66. The number of halogens is 1. The normalized spacial score (nSPS) is 12.0. The smallest absolute Gasteiger partial charge is 0.325 e. The molecule has 0 saturated carbocycles. The number of rotatable bonds is 9. The van der Waals surface area contributed by atoms with Crippen LogP contribution in [0.1, 0.15) is 45.0 Å². The maximum absolute atomic E-state index is 14.0. The van der Waals surface area contributed by atoms with Gasteiger partial charge in [0, 0.05) is 42.8 Å². The number of hydrogen-bond donors (Lipinski definition) is 2. The third-order valence-corrected chi connectivity index (χ3v) is 6.96. The molecular weight excluding hydrogens is 525 g/mol. The molecule has 0 bridgehead atoms. The van der Waals surface area contributed by atoms with Gasteiger partial charge in [0.05, 0.1) is 12.8 Å². The van der Waals surface area contributed by atoms with Crippen molar-refractivity contribution in [3.05, 3.63) is 129 Å². The number of nitrogens with zero attached hydrogens (tertiary/aromatic N) is 2. The Balaban J connectivity index is 1.62. The van der Waals surface area contributed by atoms with Crippen LogP contribution in [-0.2, 0) is 16.6 Å². The number of oxime groups is 1. The molecule has 0 radical (unpaired) electrons. The van der Waals surface area contributed by atoms with Gasteiger partial charge in [-0.2, -0.15) is 0 Å². The summed E-state index contributed by atoms with van der Waals surface area (Å²) in [5, 5.41) is 16.0. The van der Waals surface area contributed by atoms with Crippen LogP contribution < -0.4 is 10.9 Å². The Hall–Kier alpha value is -5.05. The summed E-state index contributed by atoms with van der Waals surface area (Å²) in [4.78, 5) is 35.4. The van der Waals surface area contributed by atoms with Gasteiger partial charge in [0.2, 0.25) is 5.56 Å². The quantitative estimate of drug-likeness (QED) is 0.133. The second-order valence-corrected chi connectivity index (χ2v) is 9.63. The van der Waals surface area contributed by atoms with E-state index in [1.54, 1.807) is 37.5 Å². The molecule has 2 N–H and O–H groups in total. The van der Waals surface area contributed by atoms with Crippen molar-refractivity contribution in [1.82, 2.24) is 9.88 Å². The van der Waals surface area contributed by atoms with Gasteiger partial charge in [0.1, 0.15) is 12.4 Å². The number of ether oxygens (including phenoxy) is 1. The number of amides is 1. The molecule has 1 heterocycles. The number of carbonyl (C=O) groups is 2. The number of pyridine rings is 1. The van der Waals surface area contributed by atoms with E-state index in [-0.39, 0.29) is 29.7 Å². The molecule has 1 amide bonds. The average molecular weight is 556 g/mol. The topological polar surface area (TPSA) is 110 Å². The van der Waals surface area contributed by atoms with Gasteiger partial charge >= 0.3 is 5.97 Å². The Morgan fingerprint density at radius 1 is 0.976 bits per heavy atom. The zero-order valence-electron chi connectivity index (χ0n) is 22.9. The van der Waals surface area contributed by atoms with Crippen molar-refractivity contribution in [1.29, 1.82) is 0 Å². The number of methoxy groups -OCH3 is 1. The molecule has 0 fully saturated rings. The Kier molecular flexibility index (Phi) is 9.08. The Bertz CT molecular complexity index is 1640. The van der Waals surface area contributed by atoms with Crippen molar-refractivity contribution in [3.63, 3.8) is 0 Å². The molecule has 0 aliphatic heterocycles. The molecule has 210 valence electrons. The first-order valence-corrected chi connectivity index (χ1v) is 12.9. The summed E-state index contributed by atoms with van der Waals surface area (Å²) in [6, 6.07) is 22.5. The van der Waals surface area contributed by atoms with E-state index in [4.69, 9.17) is 0 Å². The first kappa shape index (κ1) is 28.9. The first-order chi connectivity index (χ1) is 19.7. The number of aromatic nitrogens is 1. The number of aryl methyl sites for hydroxylation is 2. The highest BCUT2D eigenvalue weighted by Crippen LogP contribution is 2.33. The van der Waals surface area contributed by atoms with E-state index in [1.165, 1.54) is 29.9 Å². The van der Waals surface area contributed by atoms with E-state index in [0.29, 0.717) is 23.3 Å². The summed E-state index contributed by atoms with van der Waals surface area (Å²) in [5.74, 6) is -1.52. The molecule has 4 rings (SSSR count). The fraction of sp³-hybridized carbons (Fsp3) is 0.188. The Labute approximate surface area is 236 Å². The highest BCUT2D eigenvalue weighted by atomic mass is 19.1. The molecule has 3 aromatic carbocycles. The molecular formula is C32H30FN3O5. The lowest BCUT2D eigenvalue weighted by atomic mass is 9.83. The van der Waals surface area contributed by atoms with Gasteiger partial charge < -0.3 is 19.8 Å². The van der Waals surface area contributed by atoms with Gasteiger partial charge in [-0.05, 0) is 65.1 Å². The van der Waals surface area contributed by atoms with E-state index >= 15 is 0 Å². The van der Waals surface area contributed by atoms with Crippen LogP contribution in [-0.4, -0.2) is 41.0 Å². The lowest BCUT2D eigenvalue weighted by Gasteiger charge is -2.21. The summed E-state index contributed by atoms with van der Waals surface area (Å²) in [7, 11) is 2.88. The van der Waals surface area contributed by atoms with E-state index < -0.39 is 5.97 Å². The molecule has 0 saturated heterocycles. The van der Waals surface area contributed by atoms with Gasteiger partial charge in [-0.25, -0.2) is 4.39 Å². The average Bonchev–Trinajstić information content (AvgIpc) is 2.98. The van der Waals surface area contributed by atoms with Crippen LogP contribution >= 0.6 is 0 Å². The van der Waals surface area contributed by atoms with Crippen molar-refractivity contribution in [2.24, 2.45) is 12.2 Å². The lowest BCUT2D eigenvalue weighted by molar-refractivity contribution is -0.139. The maximum atomic E-state index is 14.0. The van der Waals surface area contributed by atoms with E-state index in [9.17, 15) is 24.0 Å². The summed E-state index contributed by atoms with van der Waals surface area (Å²) < 4.78 is 19.9. The lowest BCUT2D eigenvalue weighted by Crippen LogP contribution is -2.30. The molecule has 0 aliphatic carbocycles. The highest BCUT2D eigenvalue weighted by Gasteiger charge is 2.21. The van der Waals surface area contributed by atoms with Crippen LogP contribution in [0.25, 0.3) is 11.1 Å². The van der Waals surface area contributed by atoms with Gasteiger partial charge in [0.15, 0.2) is 0 Å². The molecule has 4 aromatic rings. The van der Waals surface area contributed by atoms with E-state index in [1.807, 2.05) is 43.3 Å². The van der Waals surface area contributed by atoms with Gasteiger partial charge in [-0.3, -0.25) is 14.4 Å². The Morgan fingerprint density at radius 3 is 2.20 bits per heavy atom. The van der Waals surface area contributed by atoms with Crippen molar-refractivity contribution in [2.45, 2.75) is 19.3 Å². The van der Waals surface area contributed by atoms with Crippen molar-refractivity contribution in [2.75, 3.05) is 13.7 Å². The number of nitrogens with one attached hydrogen (secondary N) is 1. The third-order valence-electron chi connectivity index (χ3n) is 6.96. The largest absolute Gasteiger partial charge is 0.468 e. The molecule has 41 heavy (non-hydrogen) atoms. The number of carbonyl (C=O) groups excluding carboxylic acids is 2. The third kappa shape index (κ3) is 6.94. The van der Waals surface area contributed by atoms with Crippen LogP contribution in [0.4, 0.5) is 4.39 Å². The van der Waals surface area contributed by atoms with Crippen molar-refractivity contribution < 1.29 is 23.9 Å². The molecule has 1 aromatic heterocycles. The highest BCUT2D eigenvalue weighted by molar-refractivity contribution is 6.00. The zero-order valence-corrected chi connectivity index (χ0v) is 22.9. The predicted molar refractivity (Wildman–Crippen MR) is 154 cm³/mol. The Morgan fingerprint density at radius 2 is 1.61 bits per heavy atom. The fourth-order valence-corrected chi connectivity index (χ4v) is 4.66. The summed E-state index contributed by atoms with van der Waals surface area (Å²) in [6.45, 7) is 1.63. The summed E-state index contributed by atoms with van der Waals surface area (Å²) >= 11 is 0. The number of benzene rings is 3. The molecule has 1 atom stereocenters. The number of hydrogen-bond acceptors (Lipinski definition) is 6. The van der Waals surface area contributed by atoms with Gasteiger partial charge in [-0.15, -0.1) is 0 Å². The minimum Gasteiger partial charge on any atom is -0.468 e. The molecule has 9 heteroatoms. The minimum absolute atomic E-state index is 0.178. The minimum atomic E-state index is -0.532. The van der Waals surface area contributed by atoms with E-state index in [2.05, 4.69) is 15.2 Å². The van der Waals surface area contributed by atoms with Crippen molar-refractivity contribution >= 4 is 17.6 Å². The second-order valence-electron chi connectivity index (χ2n) is 9.63. The molecule has 0 aliphatic rings. The van der Waals surface area contributed by atoms with Crippen LogP contribution in [0.15, 0.2) is 95.0 Å². The summed E-state index contributed by atoms with van der Waals surface area (Å²) in [5.41, 5.74) is 5.60. The predicted octanol–water partition coefficient (Wildman–Crippen LogP) is 4.80. The second kappa shape index (κ2) is 12.9.